The topological polar surface area (TPSA) is 102 Å². The number of rotatable bonds is 3. The van der Waals surface area contributed by atoms with Gasteiger partial charge in [0.25, 0.3) is 5.91 Å². The predicted molar refractivity (Wildman–Crippen MR) is 46.3 cm³/mol. The Hall–Kier alpha value is -1.92. The third-order valence-corrected chi connectivity index (χ3v) is 1.68. The first-order chi connectivity index (χ1) is 6.99. The van der Waals surface area contributed by atoms with Crippen molar-refractivity contribution >= 4 is 23.7 Å². The van der Waals surface area contributed by atoms with E-state index in [-0.39, 0.29) is 18.9 Å². The molecule has 15 heavy (non-hydrogen) atoms. The highest BCUT2D eigenvalue weighted by molar-refractivity contribution is 6.05. The van der Waals surface area contributed by atoms with Crippen LogP contribution in [-0.4, -0.2) is 36.3 Å². The van der Waals surface area contributed by atoms with E-state index in [0.717, 1.165) is 0 Å². The van der Waals surface area contributed by atoms with Gasteiger partial charge in [-0.15, -0.1) is 0 Å². The highest BCUT2D eigenvalue weighted by Crippen LogP contribution is 2.06. The molecule has 1 atom stereocenters. The van der Waals surface area contributed by atoms with Crippen molar-refractivity contribution < 1.29 is 23.9 Å². The lowest BCUT2D eigenvalue weighted by Gasteiger charge is -2.08. The van der Waals surface area contributed by atoms with Crippen LogP contribution in [0.25, 0.3) is 0 Å². The second-order valence-corrected chi connectivity index (χ2v) is 3.00. The van der Waals surface area contributed by atoms with Gasteiger partial charge in [0.05, 0.1) is 6.42 Å². The van der Waals surface area contributed by atoms with E-state index in [2.05, 4.69) is 10.1 Å². The van der Waals surface area contributed by atoms with Crippen molar-refractivity contribution in [2.45, 2.75) is 19.4 Å². The number of carbonyl (C=O) groups is 4. The first-order valence-corrected chi connectivity index (χ1v) is 4.26. The molecule has 1 unspecified atom stereocenters. The van der Waals surface area contributed by atoms with E-state index in [9.17, 15) is 19.2 Å². The fourth-order valence-corrected chi connectivity index (χ4v) is 1.02. The molecule has 0 aromatic heterocycles. The molecule has 7 nitrogen and oxygen atoms in total. The lowest BCUT2D eigenvalue weighted by atomic mass is 10.3. The zero-order valence-electron chi connectivity index (χ0n) is 8.03. The molecule has 0 bridgehead atoms. The molecule has 0 radical (unpaired) electrons. The summed E-state index contributed by atoms with van der Waals surface area (Å²) < 4.78 is 4.66. The Kier molecular flexibility index (Phi) is 3.37. The highest BCUT2D eigenvalue weighted by Gasteiger charge is 2.33. The zero-order chi connectivity index (χ0) is 11.4. The maximum absolute atomic E-state index is 11.0. The van der Waals surface area contributed by atoms with Crippen molar-refractivity contribution in [2.75, 3.05) is 6.54 Å². The van der Waals surface area contributed by atoms with Crippen molar-refractivity contribution in [1.29, 1.82) is 0 Å². The van der Waals surface area contributed by atoms with Crippen LogP contribution < -0.4 is 10.6 Å². The van der Waals surface area contributed by atoms with Crippen LogP contribution in [0.15, 0.2) is 0 Å². The van der Waals surface area contributed by atoms with Crippen molar-refractivity contribution in [1.82, 2.24) is 10.6 Å². The smallest absolute Gasteiger partial charge is 0.326 e. The molecule has 1 rings (SSSR count). The number of hydrogen-bond acceptors (Lipinski definition) is 5. The second kappa shape index (κ2) is 4.54. The molecule has 1 heterocycles. The summed E-state index contributed by atoms with van der Waals surface area (Å²) in [5.74, 6) is -2.23. The fraction of sp³-hybridized carbons (Fsp3) is 0.500. The summed E-state index contributed by atoms with van der Waals surface area (Å²) in [7, 11) is 0. The van der Waals surface area contributed by atoms with Gasteiger partial charge in [-0.25, -0.2) is 0 Å². The normalized spacial score (nSPS) is 19.7. The predicted octanol–water partition coefficient (Wildman–Crippen LogP) is -1.92. The Bertz CT molecular complexity index is 325. The van der Waals surface area contributed by atoms with Gasteiger partial charge in [0.2, 0.25) is 11.8 Å². The molecule has 1 aliphatic heterocycles. The SMILES string of the molecule is CC(=O)NCC(=O)OC1CC(=O)NC1=O. The van der Waals surface area contributed by atoms with Crippen LogP contribution in [0.4, 0.5) is 0 Å². The van der Waals surface area contributed by atoms with Gasteiger partial charge in [0, 0.05) is 6.92 Å². The summed E-state index contributed by atoms with van der Waals surface area (Å²) in [4.78, 5) is 43.2. The zero-order valence-corrected chi connectivity index (χ0v) is 8.03. The van der Waals surface area contributed by atoms with Gasteiger partial charge in [0.1, 0.15) is 6.54 Å². The van der Waals surface area contributed by atoms with Crippen LogP contribution in [-0.2, 0) is 23.9 Å². The number of hydrogen-bond donors (Lipinski definition) is 2. The number of nitrogens with one attached hydrogen (secondary N) is 2. The highest BCUT2D eigenvalue weighted by atomic mass is 16.5. The van der Waals surface area contributed by atoms with Gasteiger partial charge < -0.3 is 10.1 Å². The largest absolute Gasteiger partial charge is 0.450 e. The Morgan fingerprint density at radius 2 is 2.20 bits per heavy atom. The molecule has 82 valence electrons. The van der Waals surface area contributed by atoms with Crippen LogP contribution in [0.1, 0.15) is 13.3 Å². The lowest BCUT2D eigenvalue weighted by molar-refractivity contribution is -0.153. The molecule has 0 aromatic carbocycles. The van der Waals surface area contributed by atoms with Crippen molar-refractivity contribution in [3.63, 3.8) is 0 Å². The summed E-state index contributed by atoms with van der Waals surface area (Å²) in [6.45, 7) is 0.937. The summed E-state index contributed by atoms with van der Waals surface area (Å²) in [5.41, 5.74) is 0. The molecule has 2 N–H and O–H groups in total. The average Bonchev–Trinajstić information content (AvgIpc) is 2.42. The molecule has 7 heteroatoms. The van der Waals surface area contributed by atoms with Gasteiger partial charge in [-0.2, -0.15) is 0 Å². The van der Waals surface area contributed by atoms with Gasteiger partial charge in [0.15, 0.2) is 6.10 Å². The standard InChI is InChI=1S/C8H10N2O5/c1-4(11)9-3-7(13)15-5-2-6(12)10-8(5)14/h5H,2-3H2,1H3,(H,9,11)(H,10,12,14). The first-order valence-electron chi connectivity index (χ1n) is 4.26. The van der Waals surface area contributed by atoms with E-state index >= 15 is 0 Å². The van der Waals surface area contributed by atoms with E-state index in [1.54, 1.807) is 0 Å². The molecule has 0 aromatic rings. The van der Waals surface area contributed by atoms with E-state index in [0.29, 0.717) is 0 Å². The minimum absolute atomic E-state index is 0.162. The van der Waals surface area contributed by atoms with Gasteiger partial charge >= 0.3 is 5.97 Å². The summed E-state index contributed by atoms with van der Waals surface area (Å²) in [6.07, 6.45) is -1.23. The van der Waals surface area contributed by atoms with Crippen LogP contribution in [0.2, 0.25) is 0 Å². The van der Waals surface area contributed by atoms with Gasteiger partial charge in [-0.05, 0) is 0 Å². The quantitative estimate of drug-likeness (QED) is 0.421. The minimum atomic E-state index is -1.07. The summed E-state index contributed by atoms with van der Waals surface area (Å²) in [5, 5.41) is 4.21. The number of ether oxygens (including phenoxy) is 1. The van der Waals surface area contributed by atoms with Gasteiger partial charge in [-0.1, -0.05) is 0 Å². The monoisotopic (exact) mass is 214 g/mol. The van der Waals surface area contributed by atoms with E-state index in [1.807, 2.05) is 5.32 Å². The Labute approximate surface area is 85.1 Å². The molecular formula is C8H10N2O5. The first kappa shape index (κ1) is 11.2. The molecule has 0 spiro atoms. The number of imide groups is 1. The van der Waals surface area contributed by atoms with Crippen molar-refractivity contribution in [3.05, 3.63) is 0 Å². The molecule has 3 amide bonds. The number of esters is 1. The molecule has 1 fully saturated rings. The van der Waals surface area contributed by atoms with Crippen molar-refractivity contribution in [3.8, 4) is 0 Å². The maximum atomic E-state index is 11.0. The molecular weight excluding hydrogens is 204 g/mol. The second-order valence-electron chi connectivity index (χ2n) is 3.00. The average molecular weight is 214 g/mol. The third-order valence-electron chi connectivity index (χ3n) is 1.68. The van der Waals surface area contributed by atoms with Crippen LogP contribution in [0, 0.1) is 0 Å². The fourth-order valence-electron chi connectivity index (χ4n) is 1.02. The molecule has 1 aliphatic rings. The Balaban J connectivity index is 2.35. The molecule has 1 saturated heterocycles. The minimum Gasteiger partial charge on any atom is -0.450 e. The summed E-state index contributed by atoms with van der Waals surface area (Å²) in [6, 6.07) is 0. The van der Waals surface area contributed by atoms with E-state index < -0.39 is 23.9 Å². The van der Waals surface area contributed by atoms with E-state index in [4.69, 9.17) is 0 Å². The van der Waals surface area contributed by atoms with Crippen LogP contribution in [0.5, 0.6) is 0 Å². The third kappa shape index (κ3) is 3.37. The van der Waals surface area contributed by atoms with Crippen LogP contribution in [0.3, 0.4) is 0 Å². The number of amides is 3. The Morgan fingerprint density at radius 3 is 2.67 bits per heavy atom. The van der Waals surface area contributed by atoms with E-state index in [1.165, 1.54) is 6.92 Å². The Morgan fingerprint density at radius 1 is 1.53 bits per heavy atom. The van der Waals surface area contributed by atoms with Gasteiger partial charge in [-0.3, -0.25) is 24.5 Å². The molecule has 0 saturated carbocycles. The summed E-state index contributed by atoms with van der Waals surface area (Å²) >= 11 is 0. The van der Waals surface area contributed by atoms with Crippen molar-refractivity contribution in [2.24, 2.45) is 0 Å². The maximum Gasteiger partial charge on any atom is 0.326 e. The lowest BCUT2D eigenvalue weighted by Crippen LogP contribution is -2.34. The molecule has 0 aliphatic carbocycles. The van der Waals surface area contributed by atoms with Crippen LogP contribution >= 0.6 is 0 Å². The number of carbonyl (C=O) groups excluding carboxylic acids is 4.